The summed E-state index contributed by atoms with van der Waals surface area (Å²) in [5.41, 5.74) is 0.494. The van der Waals surface area contributed by atoms with E-state index in [1.165, 1.54) is 43.8 Å². The highest BCUT2D eigenvalue weighted by Gasteiger charge is 2.24. The van der Waals surface area contributed by atoms with Crippen LogP contribution >= 0.6 is 0 Å². The van der Waals surface area contributed by atoms with Crippen molar-refractivity contribution in [3.05, 3.63) is 84.1 Å². The third-order valence-electron chi connectivity index (χ3n) is 4.05. The molecular formula is C23H24N2O6. The van der Waals surface area contributed by atoms with Crippen molar-refractivity contribution in [2.45, 2.75) is 18.6 Å². The molecule has 0 radical (unpaired) electrons. The summed E-state index contributed by atoms with van der Waals surface area (Å²) in [5, 5.41) is 26.5. The number of phenolic OH excluding ortho intramolecular Hbond substituents is 1. The van der Waals surface area contributed by atoms with Gasteiger partial charge in [0.25, 0.3) is 0 Å². The highest BCUT2D eigenvalue weighted by Crippen LogP contribution is 2.25. The average molecular weight is 424 g/mol. The number of aliphatic hydroxyl groups is 1. The van der Waals surface area contributed by atoms with E-state index in [0.717, 1.165) is 0 Å². The summed E-state index contributed by atoms with van der Waals surface area (Å²) in [6, 6.07) is 4.68. The number of carbonyl (C=O) groups excluding carboxylic acids is 2. The number of nitrogens with zero attached hydrogens (tertiary/aromatic N) is 1. The van der Waals surface area contributed by atoms with Gasteiger partial charge in [0.2, 0.25) is 5.91 Å². The SMILES string of the molecule is CO/N=C/C=C\C(=O)N/C=C\CC1OC(=O)c2c(O)cccc2\C=C/C=C\C=C/C1O. The number of benzene rings is 1. The maximum Gasteiger partial charge on any atom is 0.342 e. The number of ether oxygens (including phenoxy) is 1. The molecule has 2 rings (SSSR count). The first-order valence-electron chi connectivity index (χ1n) is 9.44. The van der Waals surface area contributed by atoms with Crippen LogP contribution < -0.4 is 5.32 Å². The highest BCUT2D eigenvalue weighted by atomic mass is 16.6. The molecule has 2 unspecified atom stereocenters. The summed E-state index contributed by atoms with van der Waals surface area (Å²) in [5.74, 6) is -1.38. The summed E-state index contributed by atoms with van der Waals surface area (Å²) in [4.78, 5) is 28.8. The van der Waals surface area contributed by atoms with Gasteiger partial charge in [-0.1, -0.05) is 59.8 Å². The number of oxime groups is 1. The monoisotopic (exact) mass is 424 g/mol. The smallest absolute Gasteiger partial charge is 0.342 e. The van der Waals surface area contributed by atoms with Gasteiger partial charge in [0.15, 0.2) is 0 Å². The number of phenols is 1. The first-order chi connectivity index (χ1) is 15.0. The van der Waals surface area contributed by atoms with Crippen LogP contribution in [0.4, 0.5) is 0 Å². The number of esters is 1. The largest absolute Gasteiger partial charge is 0.507 e. The van der Waals surface area contributed by atoms with Gasteiger partial charge in [0.1, 0.15) is 30.6 Å². The standard InChI is InChI=1S/C23H24N2O6/c1-30-25-16-8-14-21(28)24-15-7-13-20-18(26)11-5-3-2-4-9-17-10-6-12-19(27)22(17)23(29)31-20/h2-12,14-16,18,20,26-27H,13H2,1H3,(H,24,28)/b3-2-,9-4-,11-5-,14-8-,15-7-,25-16+. The number of nitrogens with one attached hydrogen (secondary N) is 1. The van der Waals surface area contributed by atoms with Crippen LogP contribution in [0.2, 0.25) is 0 Å². The Bertz CT molecular complexity index is 943. The molecular weight excluding hydrogens is 400 g/mol. The van der Waals surface area contributed by atoms with Crippen molar-refractivity contribution in [3.63, 3.8) is 0 Å². The fourth-order valence-corrected chi connectivity index (χ4v) is 2.58. The number of fused-ring (bicyclic) bond motifs is 1. The van der Waals surface area contributed by atoms with Gasteiger partial charge in [-0.15, -0.1) is 0 Å². The fourth-order valence-electron chi connectivity index (χ4n) is 2.58. The van der Waals surface area contributed by atoms with E-state index in [1.807, 2.05) is 0 Å². The van der Waals surface area contributed by atoms with Crippen molar-refractivity contribution in [3.8, 4) is 5.75 Å². The lowest BCUT2D eigenvalue weighted by atomic mass is 10.0. The highest BCUT2D eigenvalue weighted by molar-refractivity contribution is 5.96. The van der Waals surface area contributed by atoms with Gasteiger partial charge in [-0.25, -0.2) is 4.79 Å². The number of aromatic hydroxyl groups is 1. The molecule has 8 nitrogen and oxygen atoms in total. The zero-order valence-electron chi connectivity index (χ0n) is 16.9. The van der Waals surface area contributed by atoms with Gasteiger partial charge in [-0.05, 0) is 17.7 Å². The quantitative estimate of drug-likeness (QED) is 0.280. The van der Waals surface area contributed by atoms with Crippen molar-refractivity contribution >= 4 is 24.2 Å². The van der Waals surface area contributed by atoms with Gasteiger partial charge in [-0.3, -0.25) is 4.79 Å². The molecule has 1 amide bonds. The Morgan fingerprint density at radius 3 is 2.90 bits per heavy atom. The van der Waals surface area contributed by atoms with Crippen molar-refractivity contribution in [2.75, 3.05) is 7.11 Å². The summed E-state index contributed by atoms with van der Waals surface area (Å²) in [6.45, 7) is 0. The van der Waals surface area contributed by atoms with Gasteiger partial charge in [0.05, 0.1) is 6.21 Å². The number of hydrogen-bond donors (Lipinski definition) is 3. The van der Waals surface area contributed by atoms with E-state index in [4.69, 9.17) is 4.74 Å². The number of carbonyl (C=O) groups is 2. The number of hydrogen-bond acceptors (Lipinski definition) is 7. The van der Waals surface area contributed by atoms with E-state index in [9.17, 15) is 19.8 Å². The Labute approximate surface area is 180 Å². The molecule has 8 heteroatoms. The minimum Gasteiger partial charge on any atom is -0.507 e. The Hall–Kier alpha value is -3.91. The van der Waals surface area contributed by atoms with Gasteiger partial charge in [-0.2, -0.15) is 0 Å². The number of amides is 1. The van der Waals surface area contributed by atoms with E-state index < -0.39 is 24.1 Å². The van der Waals surface area contributed by atoms with Gasteiger partial charge < -0.3 is 25.1 Å². The minimum absolute atomic E-state index is 0.00838. The molecule has 1 aliphatic heterocycles. The Morgan fingerprint density at radius 1 is 1.29 bits per heavy atom. The van der Waals surface area contributed by atoms with E-state index in [1.54, 1.807) is 48.6 Å². The molecule has 0 spiro atoms. The van der Waals surface area contributed by atoms with Gasteiger partial charge >= 0.3 is 5.97 Å². The van der Waals surface area contributed by atoms with Crippen LogP contribution in [-0.4, -0.2) is 47.6 Å². The molecule has 0 aromatic heterocycles. The van der Waals surface area contributed by atoms with Crippen LogP contribution in [0.3, 0.4) is 0 Å². The zero-order chi connectivity index (χ0) is 22.5. The minimum atomic E-state index is -1.10. The molecule has 1 aliphatic rings. The lowest BCUT2D eigenvalue weighted by Crippen LogP contribution is -2.30. The lowest BCUT2D eigenvalue weighted by molar-refractivity contribution is -0.115. The maximum absolute atomic E-state index is 12.7. The van der Waals surface area contributed by atoms with E-state index >= 15 is 0 Å². The van der Waals surface area contributed by atoms with Crippen LogP contribution in [0, 0.1) is 0 Å². The molecule has 0 saturated heterocycles. The topological polar surface area (TPSA) is 117 Å². The number of cyclic esters (lactones) is 1. The molecule has 0 aliphatic carbocycles. The van der Waals surface area contributed by atoms with E-state index in [0.29, 0.717) is 5.56 Å². The number of aliphatic hydroxyl groups excluding tert-OH is 1. The predicted molar refractivity (Wildman–Crippen MR) is 117 cm³/mol. The van der Waals surface area contributed by atoms with Gasteiger partial charge in [0, 0.05) is 18.7 Å². The third kappa shape index (κ3) is 7.79. The maximum atomic E-state index is 12.7. The van der Waals surface area contributed by atoms with Crippen molar-refractivity contribution < 1.29 is 29.4 Å². The molecule has 1 aromatic carbocycles. The van der Waals surface area contributed by atoms with Crippen molar-refractivity contribution in [1.82, 2.24) is 5.32 Å². The summed E-state index contributed by atoms with van der Waals surface area (Å²) in [7, 11) is 1.39. The molecule has 0 fully saturated rings. The Balaban J connectivity index is 2.12. The molecule has 31 heavy (non-hydrogen) atoms. The fraction of sp³-hybridized carbons (Fsp3) is 0.174. The Kier molecular flexibility index (Phi) is 9.51. The molecule has 3 N–H and O–H groups in total. The first-order valence-corrected chi connectivity index (χ1v) is 9.44. The summed E-state index contributed by atoms with van der Waals surface area (Å²) in [6.07, 6.45) is 14.9. The second kappa shape index (κ2) is 12.6. The molecule has 1 heterocycles. The first kappa shape index (κ1) is 23.4. The summed E-state index contributed by atoms with van der Waals surface area (Å²) < 4.78 is 5.47. The van der Waals surface area contributed by atoms with E-state index in [2.05, 4.69) is 15.3 Å². The summed E-state index contributed by atoms with van der Waals surface area (Å²) >= 11 is 0. The lowest BCUT2D eigenvalue weighted by Gasteiger charge is -2.21. The third-order valence-corrected chi connectivity index (χ3v) is 4.05. The molecule has 162 valence electrons. The normalized spacial score (nSPS) is 22.3. The van der Waals surface area contributed by atoms with Crippen LogP contribution in [-0.2, 0) is 14.4 Å². The molecule has 0 saturated carbocycles. The second-order valence-corrected chi connectivity index (χ2v) is 6.25. The number of rotatable bonds is 6. The van der Waals surface area contributed by atoms with Crippen LogP contribution in [0.1, 0.15) is 22.3 Å². The van der Waals surface area contributed by atoms with Crippen molar-refractivity contribution in [2.24, 2.45) is 5.16 Å². The van der Waals surface area contributed by atoms with Crippen LogP contribution in [0.5, 0.6) is 5.75 Å². The number of allylic oxidation sites excluding steroid dienone is 5. The Morgan fingerprint density at radius 2 is 2.10 bits per heavy atom. The van der Waals surface area contributed by atoms with Crippen molar-refractivity contribution in [1.29, 1.82) is 0 Å². The zero-order valence-corrected chi connectivity index (χ0v) is 16.9. The predicted octanol–water partition coefficient (Wildman–Crippen LogP) is 2.63. The van der Waals surface area contributed by atoms with Crippen LogP contribution in [0.25, 0.3) is 6.08 Å². The average Bonchev–Trinajstić information content (AvgIpc) is 2.74. The molecule has 2 atom stereocenters. The van der Waals surface area contributed by atoms with Crippen LogP contribution in [0.15, 0.2) is 78.2 Å². The molecule has 1 aromatic rings. The molecule has 0 bridgehead atoms. The van der Waals surface area contributed by atoms with E-state index in [-0.39, 0.29) is 17.7 Å². The second-order valence-electron chi connectivity index (χ2n) is 6.25.